The lowest BCUT2D eigenvalue weighted by atomic mass is 9.87. The minimum atomic E-state index is 0.541. The van der Waals surface area contributed by atoms with Crippen molar-refractivity contribution in [3.05, 3.63) is 12.3 Å². The molecule has 0 aromatic rings. The van der Waals surface area contributed by atoms with E-state index in [0.717, 1.165) is 5.92 Å². The van der Waals surface area contributed by atoms with Crippen LogP contribution in [0.5, 0.6) is 0 Å². The molecule has 1 aliphatic carbocycles. The third-order valence-electron chi connectivity index (χ3n) is 2.57. The van der Waals surface area contributed by atoms with Gasteiger partial charge in [-0.25, -0.2) is 0 Å². The largest absolute Gasteiger partial charge is 0.386 e. The Bertz CT molecular complexity index is 143. The van der Waals surface area contributed by atoms with Crippen molar-refractivity contribution < 1.29 is 0 Å². The predicted octanol–water partition coefficient (Wildman–Crippen LogP) is 3.08. The Morgan fingerprint density at radius 1 is 1.25 bits per heavy atom. The van der Waals surface area contributed by atoms with Crippen molar-refractivity contribution in [3.63, 3.8) is 0 Å². The van der Waals surface area contributed by atoms with E-state index < -0.39 is 0 Å². The Balaban J connectivity index is 2.30. The molecule has 1 aliphatic rings. The number of nitrogens with one attached hydrogen (secondary N) is 1. The summed E-state index contributed by atoms with van der Waals surface area (Å²) in [4.78, 5) is 0. The summed E-state index contributed by atoms with van der Waals surface area (Å²) < 4.78 is 0. The van der Waals surface area contributed by atoms with Gasteiger partial charge in [-0.1, -0.05) is 25.8 Å². The van der Waals surface area contributed by atoms with E-state index >= 15 is 0 Å². The Morgan fingerprint density at radius 3 is 2.33 bits per heavy atom. The van der Waals surface area contributed by atoms with Crippen LogP contribution >= 0.6 is 0 Å². The second-order valence-electron chi connectivity index (χ2n) is 4.16. The molecular formula is C11H21N. The Kier molecular flexibility index (Phi) is 3.64. The van der Waals surface area contributed by atoms with E-state index in [1.165, 1.54) is 37.8 Å². The monoisotopic (exact) mass is 167 g/mol. The van der Waals surface area contributed by atoms with Crippen molar-refractivity contribution in [1.82, 2.24) is 5.32 Å². The summed E-state index contributed by atoms with van der Waals surface area (Å²) in [7, 11) is 0. The highest BCUT2D eigenvalue weighted by molar-refractivity contribution is 4.99. The fourth-order valence-electron chi connectivity index (χ4n) is 1.94. The average Bonchev–Trinajstić information content (AvgIpc) is 2.05. The predicted molar refractivity (Wildman–Crippen MR) is 54.0 cm³/mol. The molecule has 0 amide bonds. The highest BCUT2D eigenvalue weighted by atomic mass is 14.9. The van der Waals surface area contributed by atoms with Gasteiger partial charge in [0.2, 0.25) is 0 Å². The zero-order chi connectivity index (χ0) is 8.97. The first-order chi connectivity index (χ1) is 5.70. The van der Waals surface area contributed by atoms with Crippen LogP contribution in [0.25, 0.3) is 0 Å². The lowest BCUT2D eigenvalue weighted by Gasteiger charge is -2.25. The zero-order valence-corrected chi connectivity index (χ0v) is 8.40. The van der Waals surface area contributed by atoms with Gasteiger partial charge in [0.1, 0.15) is 0 Å². The minimum absolute atomic E-state index is 0.541. The second-order valence-corrected chi connectivity index (χ2v) is 4.16. The minimum Gasteiger partial charge on any atom is -0.386 e. The third kappa shape index (κ3) is 2.88. The Hall–Kier alpha value is -0.460. The first-order valence-electron chi connectivity index (χ1n) is 5.15. The SMILES string of the molecule is C=C(NC(C)C)C1CCCCC1. The maximum absolute atomic E-state index is 4.11. The molecule has 0 saturated heterocycles. The summed E-state index contributed by atoms with van der Waals surface area (Å²) >= 11 is 0. The zero-order valence-electron chi connectivity index (χ0n) is 8.40. The molecule has 1 fully saturated rings. The lowest BCUT2D eigenvalue weighted by molar-refractivity contribution is 0.381. The maximum atomic E-state index is 4.11. The smallest absolute Gasteiger partial charge is 0.0201 e. The quantitative estimate of drug-likeness (QED) is 0.681. The first kappa shape index (κ1) is 9.63. The van der Waals surface area contributed by atoms with Crippen LogP contribution in [-0.2, 0) is 0 Å². The third-order valence-corrected chi connectivity index (χ3v) is 2.57. The molecule has 1 saturated carbocycles. The van der Waals surface area contributed by atoms with Crippen LogP contribution in [0.1, 0.15) is 46.0 Å². The molecule has 0 aromatic carbocycles. The molecular weight excluding hydrogens is 146 g/mol. The molecule has 70 valence electrons. The fourth-order valence-corrected chi connectivity index (χ4v) is 1.94. The second kappa shape index (κ2) is 4.54. The van der Waals surface area contributed by atoms with Crippen molar-refractivity contribution in [2.24, 2.45) is 5.92 Å². The van der Waals surface area contributed by atoms with Crippen molar-refractivity contribution in [1.29, 1.82) is 0 Å². The number of hydrogen-bond donors (Lipinski definition) is 1. The summed E-state index contributed by atoms with van der Waals surface area (Å²) in [6.07, 6.45) is 6.90. The summed E-state index contributed by atoms with van der Waals surface area (Å²) in [5, 5.41) is 3.42. The van der Waals surface area contributed by atoms with Gasteiger partial charge < -0.3 is 5.32 Å². The molecule has 1 rings (SSSR count). The molecule has 1 nitrogen and oxygen atoms in total. The van der Waals surface area contributed by atoms with E-state index in [1.807, 2.05) is 0 Å². The highest BCUT2D eigenvalue weighted by Crippen LogP contribution is 2.27. The molecule has 0 atom stereocenters. The van der Waals surface area contributed by atoms with E-state index in [2.05, 4.69) is 25.7 Å². The number of hydrogen-bond acceptors (Lipinski definition) is 1. The van der Waals surface area contributed by atoms with E-state index in [-0.39, 0.29) is 0 Å². The standard InChI is InChI=1S/C11H21N/c1-9(2)12-10(3)11-7-5-4-6-8-11/h9,11-12H,3-8H2,1-2H3. The number of allylic oxidation sites excluding steroid dienone is 1. The van der Waals surface area contributed by atoms with Gasteiger partial charge in [0.15, 0.2) is 0 Å². The van der Waals surface area contributed by atoms with Gasteiger partial charge in [0.25, 0.3) is 0 Å². The van der Waals surface area contributed by atoms with Crippen LogP contribution in [0.3, 0.4) is 0 Å². The first-order valence-corrected chi connectivity index (χ1v) is 5.15. The molecule has 0 unspecified atom stereocenters. The van der Waals surface area contributed by atoms with Crippen LogP contribution in [0.2, 0.25) is 0 Å². The highest BCUT2D eigenvalue weighted by Gasteiger charge is 2.16. The van der Waals surface area contributed by atoms with Crippen molar-refractivity contribution in [2.45, 2.75) is 52.0 Å². The molecule has 1 N–H and O–H groups in total. The van der Waals surface area contributed by atoms with Gasteiger partial charge in [0, 0.05) is 11.7 Å². The molecule has 12 heavy (non-hydrogen) atoms. The van der Waals surface area contributed by atoms with Gasteiger partial charge in [-0.05, 0) is 32.6 Å². The van der Waals surface area contributed by atoms with Crippen LogP contribution in [-0.4, -0.2) is 6.04 Å². The molecule has 0 aromatic heterocycles. The number of rotatable bonds is 3. The van der Waals surface area contributed by atoms with E-state index in [4.69, 9.17) is 0 Å². The summed E-state index contributed by atoms with van der Waals surface area (Å²) in [6.45, 7) is 8.46. The molecule has 0 heterocycles. The summed E-state index contributed by atoms with van der Waals surface area (Å²) in [5.74, 6) is 0.751. The van der Waals surface area contributed by atoms with Gasteiger partial charge in [0.05, 0.1) is 0 Å². The van der Waals surface area contributed by atoms with Crippen LogP contribution in [0, 0.1) is 5.92 Å². The van der Waals surface area contributed by atoms with Gasteiger partial charge >= 0.3 is 0 Å². The molecule has 0 spiro atoms. The average molecular weight is 167 g/mol. The van der Waals surface area contributed by atoms with E-state index in [1.54, 1.807) is 0 Å². The van der Waals surface area contributed by atoms with Crippen LogP contribution in [0.15, 0.2) is 12.3 Å². The molecule has 1 heteroatoms. The van der Waals surface area contributed by atoms with Crippen LogP contribution in [0.4, 0.5) is 0 Å². The van der Waals surface area contributed by atoms with E-state index in [9.17, 15) is 0 Å². The topological polar surface area (TPSA) is 12.0 Å². The van der Waals surface area contributed by atoms with E-state index in [0.29, 0.717) is 6.04 Å². The van der Waals surface area contributed by atoms with Crippen molar-refractivity contribution in [2.75, 3.05) is 0 Å². The summed E-state index contributed by atoms with van der Waals surface area (Å²) in [5.41, 5.74) is 1.27. The molecule has 0 aliphatic heterocycles. The Labute approximate surface area is 76.2 Å². The molecule has 0 bridgehead atoms. The van der Waals surface area contributed by atoms with Gasteiger partial charge in [-0.15, -0.1) is 0 Å². The van der Waals surface area contributed by atoms with Crippen molar-refractivity contribution >= 4 is 0 Å². The van der Waals surface area contributed by atoms with Crippen molar-refractivity contribution in [3.8, 4) is 0 Å². The summed E-state index contributed by atoms with van der Waals surface area (Å²) in [6, 6.07) is 0.541. The molecule has 0 radical (unpaired) electrons. The van der Waals surface area contributed by atoms with Crippen LogP contribution < -0.4 is 5.32 Å². The fraction of sp³-hybridized carbons (Fsp3) is 0.818. The Morgan fingerprint density at radius 2 is 1.83 bits per heavy atom. The normalized spacial score (nSPS) is 19.6. The van der Waals surface area contributed by atoms with Gasteiger partial charge in [-0.2, -0.15) is 0 Å². The maximum Gasteiger partial charge on any atom is 0.0201 e. The lowest BCUT2D eigenvalue weighted by Crippen LogP contribution is -2.27. The van der Waals surface area contributed by atoms with Gasteiger partial charge in [-0.3, -0.25) is 0 Å².